The summed E-state index contributed by atoms with van der Waals surface area (Å²) >= 11 is 0. The summed E-state index contributed by atoms with van der Waals surface area (Å²) in [6.07, 6.45) is 1.48. The van der Waals surface area contributed by atoms with Crippen LogP contribution in [0.5, 0.6) is 0 Å². The minimum Gasteiger partial charge on any atom is -0.379 e. The molecule has 0 aliphatic carbocycles. The zero-order chi connectivity index (χ0) is 8.69. The lowest BCUT2D eigenvalue weighted by molar-refractivity contribution is 0.0768. The van der Waals surface area contributed by atoms with Crippen molar-refractivity contribution in [1.82, 2.24) is 5.32 Å². The number of rotatable bonds is 6. The van der Waals surface area contributed by atoms with Crippen LogP contribution in [0, 0.1) is 0 Å². The van der Waals surface area contributed by atoms with E-state index in [-0.39, 0.29) is 0 Å². The molecule has 0 saturated carbocycles. The van der Waals surface area contributed by atoms with Gasteiger partial charge in [-0.3, -0.25) is 0 Å². The molecule has 0 aromatic carbocycles. The lowest BCUT2D eigenvalue weighted by Gasteiger charge is -2.09. The van der Waals surface area contributed by atoms with Crippen molar-refractivity contribution in [3.05, 3.63) is 0 Å². The summed E-state index contributed by atoms with van der Waals surface area (Å²) in [5, 5.41) is 3.34. The minimum atomic E-state index is 0.369. The molecule has 0 amide bonds. The van der Waals surface area contributed by atoms with Crippen LogP contribution in [0.4, 0.5) is 0 Å². The SMILES string of the molecule is CC(C)NCCCOC(C)C. The van der Waals surface area contributed by atoms with Crippen molar-refractivity contribution in [2.24, 2.45) is 0 Å². The van der Waals surface area contributed by atoms with Crippen molar-refractivity contribution < 1.29 is 4.74 Å². The number of nitrogens with one attached hydrogen (secondary N) is 1. The molecule has 0 bridgehead atoms. The Balaban J connectivity index is 2.91. The van der Waals surface area contributed by atoms with Gasteiger partial charge in [0.05, 0.1) is 6.10 Å². The first-order valence-electron chi connectivity index (χ1n) is 4.48. The fourth-order valence-electron chi connectivity index (χ4n) is 0.782. The Hall–Kier alpha value is -0.0800. The van der Waals surface area contributed by atoms with Crippen LogP contribution in [-0.4, -0.2) is 25.3 Å². The lowest BCUT2D eigenvalue weighted by Crippen LogP contribution is -2.24. The maximum atomic E-state index is 5.38. The molecule has 0 spiro atoms. The average Bonchev–Trinajstić information content (AvgIpc) is 1.85. The summed E-state index contributed by atoms with van der Waals surface area (Å²) in [5.41, 5.74) is 0. The van der Waals surface area contributed by atoms with E-state index >= 15 is 0 Å². The van der Waals surface area contributed by atoms with Gasteiger partial charge in [-0.2, -0.15) is 0 Å². The van der Waals surface area contributed by atoms with Crippen LogP contribution in [0.2, 0.25) is 0 Å². The van der Waals surface area contributed by atoms with E-state index < -0.39 is 0 Å². The second kappa shape index (κ2) is 6.62. The van der Waals surface area contributed by atoms with E-state index in [4.69, 9.17) is 4.74 Å². The summed E-state index contributed by atoms with van der Waals surface area (Å²) in [4.78, 5) is 0. The first-order valence-corrected chi connectivity index (χ1v) is 4.48. The van der Waals surface area contributed by atoms with Gasteiger partial charge in [0.15, 0.2) is 0 Å². The highest BCUT2D eigenvalue weighted by molar-refractivity contribution is 4.52. The quantitative estimate of drug-likeness (QED) is 0.597. The molecule has 0 atom stereocenters. The van der Waals surface area contributed by atoms with Crippen LogP contribution >= 0.6 is 0 Å². The molecule has 0 saturated heterocycles. The zero-order valence-electron chi connectivity index (χ0n) is 8.18. The summed E-state index contributed by atoms with van der Waals surface area (Å²) in [7, 11) is 0. The van der Waals surface area contributed by atoms with Gasteiger partial charge < -0.3 is 10.1 Å². The largest absolute Gasteiger partial charge is 0.379 e. The molecule has 0 aromatic rings. The van der Waals surface area contributed by atoms with Crippen LogP contribution in [0.15, 0.2) is 0 Å². The Bertz CT molecular complexity index is 71.6. The molecule has 0 aliphatic heterocycles. The van der Waals surface area contributed by atoms with Crippen LogP contribution in [0.25, 0.3) is 0 Å². The standard InChI is InChI=1S/C9H21NO/c1-8(2)10-6-5-7-11-9(3)4/h8-10H,5-7H2,1-4H3. The van der Waals surface area contributed by atoms with Crippen molar-refractivity contribution in [3.63, 3.8) is 0 Å². The van der Waals surface area contributed by atoms with E-state index in [1.54, 1.807) is 0 Å². The maximum Gasteiger partial charge on any atom is 0.0518 e. The topological polar surface area (TPSA) is 21.3 Å². The molecule has 0 fully saturated rings. The van der Waals surface area contributed by atoms with Gasteiger partial charge in [-0.1, -0.05) is 13.8 Å². The zero-order valence-corrected chi connectivity index (χ0v) is 8.18. The summed E-state index contributed by atoms with van der Waals surface area (Å²) < 4.78 is 5.38. The molecule has 0 rings (SSSR count). The van der Waals surface area contributed by atoms with Gasteiger partial charge in [-0.05, 0) is 26.8 Å². The second-order valence-electron chi connectivity index (χ2n) is 3.38. The van der Waals surface area contributed by atoms with Gasteiger partial charge in [-0.25, -0.2) is 0 Å². The maximum absolute atomic E-state index is 5.38. The van der Waals surface area contributed by atoms with Crippen LogP contribution in [0.3, 0.4) is 0 Å². The Kier molecular flexibility index (Phi) is 6.57. The molecular weight excluding hydrogens is 138 g/mol. The number of ether oxygens (including phenoxy) is 1. The third-order valence-electron chi connectivity index (χ3n) is 1.32. The van der Waals surface area contributed by atoms with E-state index in [0.29, 0.717) is 12.1 Å². The predicted octanol–water partition coefficient (Wildman–Crippen LogP) is 1.80. The fraction of sp³-hybridized carbons (Fsp3) is 1.00. The van der Waals surface area contributed by atoms with E-state index in [0.717, 1.165) is 19.6 Å². The van der Waals surface area contributed by atoms with Crippen molar-refractivity contribution in [2.45, 2.75) is 46.3 Å². The predicted molar refractivity (Wildman–Crippen MR) is 48.8 cm³/mol. The van der Waals surface area contributed by atoms with Crippen LogP contribution in [-0.2, 0) is 4.74 Å². The molecule has 0 unspecified atom stereocenters. The second-order valence-corrected chi connectivity index (χ2v) is 3.38. The van der Waals surface area contributed by atoms with E-state index in [2.05, 4.69) is 33.0 Å². The molecular formula is C9H21NO. The molecule has 11 heavy (non-hydrogen) atoms. The van der Waals surface area contributed by atoms with E-state index in [1.165, 1.54) is 0 Å². The van der Waals surface area contributed by atoms with Gasteiger partial charge in [0.1, 0.15) is 0 Å². The van der Waals surface area contributed by atoms with Gasteiger partial charge in [0.2, 0.25) is 0 Å². The third-order valence-corrected chi connectivity index (χ3v) is 1.32. The van der Waals surface area contributed by atoms with Gasteiger partial charge in [-0.15, -0.1) is 0 Å². The average molecular weight is 159 g/mol. The highest BCUT2D eigenvalue weighted by Gasteiger charge is 1.93. The van der Waals surface area contributed by atoms with Crippen molar-refractivity contribution >= 4 is 0 Å². The van der Waals surface area contributed by atoms with E-state index in [9.17, 15) is 0 Å². The molecule has 68 valence electrons. The Labute approximate surface area is 70.3 Å². The number of hydrogen-bond donors (Lipinski definition) is 1. The molecule has 1 N–H and O–H groups in total. The van der Waals surface area contributed by atoms with Gasteiger partial charge in [0.25, 0.3) is 0 Å². The summed E-state index contributed by atoms with van der Waals surface area (Å²) in [5.74, 6) is 0. The van der Waals surface area contributed by atoms with Crippen molar-refractivity contribution in [1.29, 1.82) is 0 Å². The normalized spacial score (nSPS) is 11.5. The fourth-order valence-corrected chi connectivity index (χ4v) is 0.782. The first-order chi connectivity index (χ1) is 5.13. The Morgan fingerprint density at radius 1 is 1.18 bits per heavy atom. The molecule has 0 aromatic heterocycles. The molecule has 2 heteroatoms. The van der Waals surface area contributed by atoms with Crippen molar-refractivity contribution in [3.8, 4) is 0 Å². The van der Waals surface area contributed by atoms with Gasteiger partial charge >= 0.3 is 0 Å². The Morgan fingerprint density at radius 2 is 1.82 bits per heavy atom. The first kappa shape index (κ1) is 10.9. The van der Waals surface area contributed by atoms with E-state index in [1.807, 2.05) is 0 Å². The number of hydrogen-bond acceptors (Lipinski definition) is 2. The molecule has 0 aliphatic rings. The highest BCUT2D eigenvalue weighted by Crippen LogP contribution is 1.89. The Morgan fingerprint density at radius 3 is 2.27 bits per heavy atom. The van der Waals surface area contributed by atoms with Gasteiger partial charge in [0, 0.05) is 12.6 Å². The smallest absolute Gasteiger partial charge is 0.0518 e. The van der Waals surface area contributed by atoms with Crippen LogP contribution < -0.4 is 5.32 Å². The molecule has 0 heterocycles. The van der Waals surface area contributed by atoms with Crippen molar-refractivity contribution in [2.75, 3.05) is 13.2 Å². The highest BCUT2D eigenvalue weighted by atomic mass is 16.5. The minimum absolute atomic E-state index is 0.369. The molecule has 2 nitrogen and oxygen atoms in total. The molecule has 0 radical (unpaired) electrons. The summed E-state index contributed by atoms with van der Waals surface area (Å²) in [6.45, 7) is 10.4. The lowest BCUT2D eigenvalue weighted by atomic mass is 10.3. The monoisotopic (exact) mass is 159 g/mol. The summed E-state index contributed by atoms with van der Waals surface area (Å²) in [6, 6.07) is 0.592. The van der Waals surface area contributed by atoms with Crippen LogP contribution in [0.1, 0.15) is 34.1 Å². The third kappa shape index (κ3) is 9.92.